The SMILES string of the molecule is CCNC(c1cc(C)c(C)s1)C(C)CCOC. The van der Waals surface area contributed by atoms with Crippen molar-refractivity contribution < 1.29 is 4.74 Å². The van der Waals surface area contributed by atoms with Gasteiger partial charge < -0.3 is 10.1 Å². The number of methoxy groups -OCH3 is 1. The summed E-state index contributed by atoms with van der Waals surface area (Å²) in [4.78, 5) is 2.90. The molecule has 0 saturated heterocycles. The van der Waals surface area contributed by atoms with Crippen molar-refractivity contribution in [1.82, 2.24) is 5.32 Å². The lowest BCUT2D eigenvalue weighted by molar-refractivity contribution is 0.171. The number of nitrogens with one attached hydrogen (secondary N) is 1. The highest BCUT2D eigenvalue weighted by Gasteiger charge is 2.20. The molecule has 0 aromatic carbocycles. The number of ether oxygens (including phenoxy) is 1. The zero-order valence-electron chi connectivity index (χ0n) is 11.7. The molecule has 2 unspecified atom stereocenters. The van der Waals surface area contributed by atoms with Crippen molar-refractivity contribution in [1.29, 1.82) is 0 Å². The molecule has 17 heavy (non-hydrogen) atoms. The lowest BCUT2D eigenvalue weighted by Crippen LogP contribution is -2.26. The van der Waals surface area contributed by atoms with Gasteiger partial charge in [0.25, 0.3) is 0 Å². The molecule has 1 N–H and O–H groups in total. The number of thiophene rings is 1. The zero-order chi connectivity index (χ0) is 12.8. The molecule has 1 rings (SSSR count). The van der Waals surface area contributed by atoms with Crippen molar-refractivity contribution in [2.24, 2.45) is 5.92 Å². The van der Waals surface area contributed by atoms with Gasteiger partial charge in [0.2, 0.25) is 0 Å². The Morgan fingerprint density at radius 2 is 2.12 bits per heavy atom. The van der Waals surface area contributed by atoms with Crippen LogP contribution in [0.2, 0.25) is 0 Å². The summed E-state index contributed by atoms with van der Waals surface area (Å²) in [6.45, 7) is 10.7. The van der Waals surface area contributed by atoms with Crippen LogP contribution < -0.4 is 5.32 Å². The summed E-state index contributed by atoms with van der Waals surface area (Å²) >= 11 is 1.92. The average molecular weight is 255 g/mol. The molecule has 0 radical (unpaired) electrons. The number of hydrogen-bond acceptors (Lipinski definition) is 3. The first-order valence-electron chi connectivity index (χ1n) is 6.39. The Morgan fingerprint density at radius 1 is 1.41 bits per heavy atom. The summed E-state index contributed by atoms with van der Waals surface area (Å²) in [5.41, 5.74) is 1.41. The predicted octanol–water partition coefficient (Wildman–Crippen LogP) is 3.69. The molecular weight excluding hydrogens is 230 g/mol. The monoisotopic (exact) mass is 255 g/mol. The van der Waals surface area contributed by atoms with E-state index < -0.39 is 0 Å². The van der Waals surface area contributed by atoms with Crippen molar-refractivity contribution in [3.8, 4) is 0 Å². The van der Waals surface area contributed by atoms with E-state index in [0.717, 1.165) is 19.6 Å². The maximum absolute atomic E-state index is 5.18. The molecule has 0 aliphatic heterocycles. The summed E-state index contributed by atoms with van der Waals surface area (Å²) in [6.07, 6.45) is 1.10. The summed E-state index contributed by atoms with van der Waals surface area (Å²) in [5, 5.41) is 3.60. The largest absolute Gasteiger partial charge is 0.385 e. The molecule has 0 aliphatic rings. The third-order valence-electron chi connectivity index (χ3n) is 3.26. The minimum absolute atomic E-state index is 0.465. The van der Waals surface area contributed by atoms with Crippen LogP contribution in [0.5, 0.6) is 0 Å². The first kappa shape index (κ1) is 14.7. The van der Waals surface area contributed by atoms with E-state index in [9.17, 15) is 0 Å². The minimum Gasteiger partial charge on any atom is -0.385 e. The van der Waals surface area contributed by atoms with E-state index in [1.54, 1.807) is 7.11 Å². The molecule has 0 spiro atoms. The quantitative estimate of drug-likeness (QED) is 0.802. The number of hydrogen-bond donors (Lipinski definition) is 1. The molecule has 1 aromatic heterocycles. The summed E-state index contributed by atoms with van der Waals surface area (Å²) in [7, 11) is 1.77. The molecule has 2 atom stereocenters. The summed E-state index contributed by atoms with van der Waals surface area (Å²) in [6, 6.07) is 2.80. The van der Waals surface area contributed by atoms with Crippen LogP contribution in [0.15, 0.2) is 6.07 Å². The Hall–Kier alpha value is -0.380. The highest BCUT2D eigenvalue weighted by atomic mass is 32.1. The van der Waals surface area contributed by atoms with Crippen LogP contribution in [-0.4, -0.2) is 20.3 Å². The fourth-order valence-electron chi connectivity index (χ4n) is 2.03. The second kappa shape index (κ2) is 7.14. The highest BCUT2D eigenvalue weighted by molar-refractivity contribution is 7.12. The third-order valence-corrected chi connectivity index (χ3v) is 4.50. The van der Waals surface area contributed by atoms with Gasteiger partial charge in [-0.15, -0.1) is 11.3 Å². The van der Waals surface area contributed by atoms with Crippen LogP contribution in [0.25, 0.3) is 0 Å². The maximum Gasteiger partial charge on any atom is 0.0465 e. The molecule has 0 amide bonds. The van der Waals surface area contributed by atoms with Gasteiger partial charge in [-0.05, 0) is 44.4 Å². The Balaban J connectivity index is 2.77. The van der Waals surface area contributed by atoms with Gasteiger partial charge in [0.15, 0.2) is 0 Å². The van der Waals surface area contributed by atoms with Crippen LogP contribution in [0.4, 0.5) is 0 Å². The fraction of sp³-hybridized carbons (Fsp3) is 0.714. The second-order valence-electron chi connectivity index (χ2n) is 4.68. The van der Waals surface area contributed by atoms with Gasteiger partial charge in [0.05, 0.1) is 0 Å². The van der Waals surface area contributed by atoms with Crippen molar-refractivity contribution in [3.05, 3.63) is 21.4 Å². The van der Waals surface area contributed by atoms with E-state index in [2.05, 4.69) is 39.1 Å². The Labute approximate surface area is 109 Å². The van der Waals surface area contributed by atoms with E-state index in [4.69, 9.17) is 4.74 Å². The first-order valence-corrected chi connectivity index (χ1v) is 7.21. The van der Waals surface area contributed by atoms with Crippen LogP contribution in [0.3, 0.4) is 0 Å². The summed E-state index contributed by atoms with van der Waals surface area (Å²) < 4.78 is 5.18. The molecule has 3 heteroatoms. The van der Waals surface area contributed by atoms with E-state index in [0.29, 0.717) is 12.0 Å². The van der Waals surface area contributed by atoms with Gasteiger partial charge in [0.1, 0.15) is 0 Å². The molecule has 0 bridgehead atoms. The lowest BCUT2D eigenvalue weighted by Gasteiger charge is -2.23. The van der Waals surface area contributed by atoms with Gasteiger partial charge in [0, 0.05) is 29.5 Å². The van der Waals surface area contributed by atoms with E-state index in [-0.39, 0.29) is 0 Å². The highest BCUT2D eigenvalue weighted by Crippen LogP contribution is 2.32. The van der Waals surface area contributed by atoms with Crippen molar-refractivity contribution in [2.75, 3.05) is 20.3 Å². The van der Waals surface area contributed by atoms with Crippen LogP contribution in [-0.2, 0) is 4.74 Å². The molecule has 2 nitrogen and oxygen atoms in total. The number of aryl methyl sites for hydroxylation is 2. The van der Waals surface area contributed by atoms with Gasteiger partial charge in [-0.25, -0.2) is 0 Å². The topological polar surface area (TPSA) is 21.3 Å². The van der Waals surface area contributed by atoms with Crippen molar-refractivity contribution >= 4 is 11.3 Å². The van der Waals surface area contributed by atoms with Crippen LogP contribution >= 0.6 is 11.3 Å². The van der Waals surface area contributed by atoms with Crippen molar-refractivity contribution in [2.45, 2.75) is 40.2 Å². The zero-order valence-corrected chi connectivity index (χ0v) is 12.5. The Kier molecular flexibility index (Phi) is 6.17. The fourth-order valence-corrected chi connectivity index (χ4v) is 3.28. The van der Waals surface area contributed by atoms with Gasteiger partial charge in [-0.1, -0.05) is 13.8 Å². The lowest BCUT2D eigenvalue weighted by atomic mass is 9.97. The first-order chi connectivity index (χ1) is 8.10. The standard InChI is InChI=1S/C14H25NOS/c1-6-15-14(10(2)7-8-16-5)13-9-11(3)12(4)17-13/h9-10,14-15H,6-8H2,1-5H3. The molecule has 0 saturated carbocycles. The smallest absolute Gasteiger partial charge is 0.0465 e. The number of rotatable bonds is 7. The minimum atomic E-state index is 0.465. The second-order valence-corrected chi connectivity index (χ2v) is 5.97. The molecule has 1 heterocycles. The van der Waals surface area contributed by atoms with E-state index in [1.165, 1.54) is 15.3 Å². The van der Waals surface area contributed by atoms with Crippen molar-refractivity contribution in [3.63, 3.8) is 0 Å². The van der Waals surface area contributed by atoms with Gasteiger partial charge >= 0.3 is 0 Å². The van der Waals surface area contributed by atoms with Gasteiger partial charge in [-0.2, -0.15) is 0 Å². The Bertz CT molecular complexity index is 315. The molecule has 0 aliphatic carbocycles. The molecule has 0 fully saturated rings. The third kappa shape index (κ3) is 4.09. The normalized spacial score (nSPS) is 14.9. The Morgan fingerprint density at radius 3 is 2.59 bits per heavy atom. The van der Waals surface area contributed by atoms with E-state index in [1.807, 2.05) is 11.3 Å². The average Bonchev–Trinajstić information content (AvgIpc) is 2.63. The molecular formula is C14H25NOS. The van der Waals surface area contributed by atoms with Crippen LogP contribution in [0.1, 0.15) is 41.6 Å². The predicted molar refractivity (Wildman–Crippen MR) is 75.9 cm³/mol. The summed E-state index contributed by atoms with van der Waals surface area (Å²) in [5.74, 6) is 0.604. The molecule has 98 valence electrons. The van der Waals surface area contributed by atoms with Crippen LogP contribution in [0, 0.1) is 19.8 Å². The van der Waals surface area contributed by atoms with E-state index >= 15 is 0 Å². The maximum atomic E-state index is 5.18. The molecule has 1 aromatic rings. The van der Waals surface area contributed by atoms with Gasteiger partial charge in [-0.3, -0.25) is 0 Å².